The average Bonchev–Trinajstić information content (AvgIpc) is 2.60. The molecule has 1 heterocycles. The minimum Gasteiger partial charge on any atom is -0.343 e. The van der Waals surface area contributed by atoms with Crippen LogP contribution in [0.25, 0.3) is 0 Å². The van der Waals surface area contributed by atoms with Crippen LogP contribution in [0, 0.1) is 5.82 Å². The summed E-state index contributed by atoms with van der Waals surface area (Å²) in [7, 11) is 0. The van der Waals surface area contributed by atoms with Crippen molar-refractivity contribution in [1.29, 1.82) is 0 Å². The van der Waals surface area contributed by atoms with Gasteiger partial charge < -0.3 is 9.80 Å². The maximum absolute atomic E-state index is 13.4. The van der Waals surface area contributed by atoms with Crippen LogP contribution in [-0.4, -0.2) is 48.4 Å². The third kappa shape index (κ3) is 6.77. The Kier molecular flexibility index (Phi) is 8.39. The molecule has 140 valence electrons. The molecule has 4 heteroatoms. The number of carbonyl (C=O) groups excluding carboxylic acids is 1. The minimum atomic E-state index is -0.155. The summed E-state index contributed by atoms with van der Waals surface area (Å²) >= 11 is 0. The number of unbranched alkanes of at least 4 members (excludes halogenated alkanes) is 1. The monoisotopic (exact) mass is 348 g/mol. The summed E-state index contributed by atoms with van der Waals surface area (Å²) in [6.07, 6.45) is 6.24. The molecule has 1 aliphatic rings. The van der Waals surface area contributed by atoms with E-state index < -0.39 is 0 Å². The summed E-state index contributed by atoms with van der Waals surface area (Å²) < 4.78 is 13.4. The van der Waals surface area contributed by atoms with Gasteiger partial charge in [-0.3, -0.25) is 4.79 Å². The van der Waals surface area contributed by atoms with Gasteiger partial charge in [0.05, 0.1) is 0 Å². The van der Waals surface area contributed by atoms with Crippen LogP contribution < -0.4 is 0 Å². The van der Waals surface area contributed by atoms with Crippen molar-refractivity contribution in [3.8, 4) is 0 Å². The highest BCUT2D eigenvalue weighted by atomic mass is 19.1. The SMILES string of the molecule is CCCN(CCCCN1CCCCC1=O)CC(C)c1cccc(F)c1. The van der Waals surface area contributed by atoms with Gasteiger partial charge in [-0.1, -0.05) is 26.0 Å². The summed E-state index contributed by atoms with van der Waals surface area (Å²) in [6.45, 7) is 9.29. The fourth-order valence-corrected chi connectivity index (χ4v) is 3.65. The van der Waals surface area contributed by atoms with E-state index in [0.29, 0.717) is 11.8 Å². The molecular weight excluding hydrogens is 315 g/mol. The molecule has 0 spiro atoms. The molecule has 0 bridgehead atoms. The molecule has 3 nitrogen and oxygen atoms in total. The lowest BCUT2D eigenvalue weighted by atomic mass is 10.0. The molecular formula is C21H33FN2O. The van der Waals surface area contributed by atoms with Crippen LogP contribution in [0.4, 0.5) is 4.39 Å². The minimum absolute atomic E-state index is 0.155. The summed E-state index contributed by atoms with van der Waals surface area (Å²) in [5.74, 6) is 0.500. The number of likely N-dealkylation sites (tertiary alicyclic amines) is 1. The van der Waals surface area contributed by atoms with Crippen LogP contribution in [0.15, 0.2) is 24.3 Å². The van der Waals surface area contributed by atoms with Crippen LogP contribution in [0.2, 0.25) is 0 Å². The number of carbonyl (C=O) groups is 1. The number of piperidine rings is 1. The molecule has 0 radical (unpaired) electrons. The third-order valence-corrected chi connectivity index (χ3v) is 5.06. The van der Waals surface area contributed by atoms with Crippen molar-refractivity contribution in [3.63, 3.8) is 0 Å². The van der Waals surface area contributed by atoms with Crippen molar-refractivity contribution < 1.29 is 9.18 Å². The quantitative estimate of drug-likeness (QED) is 0.584. The van der Waals surface area contributed by atoms with Crippen molar-refractivity contribution in [2.75, 3.05) is 32.7 Å². The second-order valence-electron chi connectivity index (χ2n) is 7.30. The molecule has 0 aromatic heterocycles. The Morgan fingerprint density at radius 1 is 1.24 bits per heavy atom. The summed E-state index contributed by atoms with van der Waals surface area (Å²) in [5, 5.41) is 0. The van der Waals surface area contributed by atoms with Crippen molar-refractivity contribution in [3.05, 3.63) is 35.6 Å². The van der Waals surface area contributed by atoms with E-state index in [4.69, 9.17) is 0 Å². The molecule has 1 fully saturated rings. The predicted molar refractivity (Wildman–Crippen MR) is 101 cm³/mol. The summed E-state index contributed by atoms with van der Waals surface area (Å²) in [4.78, 5) is 16.4. The Labute approximate surface area is 152 Å². The van der Waals surface area contributed by atoms with Crippen LogP contribution in [0.1, 0.15) is 63.9 Å². The van der Waals surface area contributed by atoms with E-state index in [0.717, 1.165) is 76.8 Å². The van der Waals surface area contributed by atoms with Gasteiger partial charge in [-0.15, -0.1) is 0 Å². The molecule has 0 N–H and O–H groups in total. The first kappa shape index (κ1) is 19.9. The van der Waals surface area contributed by atoms with Gasteiger partial charge in [0.2, 0.25) is 5.91 Å². The van der Waals surface area contributed by atoms with Crippen LogP contribution in [0.3, 0.4) is 0 Å². The average molecular weight is 349 g/mol. The van der Waals surface area contributed by atoms with Gasteiger partial charge in [0.1, 0.15) is 5.82 Å². The molecule has 1 aromatic carbocycles. The third-order valence-electron chi connectivity index (χ3n) is 5.06. The zero-order valence-electron chi connectivity index (χ0n) is 15.8. The molecule has 1 aliphatic heterocycles. The number of hydrogen-bond donors (Lipinski definition) is 0. The highest BCUT2D eigenvalue weighted by Crippen LogP contribution is 2.18. The Bertz CT molecular complexity index is 534. The molecule has 1 atom stereocenters. The molecule has 0 saturated carbocycles. The molecule has 25 heavy (non-hydrogen) atoms. The van der Waals surface area contributed by atoms with Crippen LogP contribution in [0.5, 0.6) is 0 Å². The van der Waals surface area contributed by atoms with Gasteiger partial charge in [-0.05, 0) is 68.8 Å². The van der Waals surface area contributed by atoms with Gasteiger partial charge in [-0.2, -0.15) is 0 Å². The summed E-state index contributed by atoms with van der Waals surface area (Å²) in [5.41, 5.74) is 1.07. The molecule has 1 amide bonds. The number of amides is 1. The van der Waals surface area contributed by atoms with Gasteiger partial charge in [0, 0.05) is 26.1 Å². The number of rotatable bonds is 10. The first-order valence-electron chi connectivity index (χ1n) is 9.85. The largest absolute Gasteiger partial charge is 0.343 e. The fourth-order valence-electron chi connectivity index (χ4n) is 3.65. The standard InChI is InChI=1S/C21H33FN2O/c1-3-12-23(17-18(2)19-9-8-10-20(22)16-19)13-6-7-15-24-14-5-4-11-21(24)25/h8-10,16,18H,3-7,11-15,17H2,1-2H3. The molecule has 1 saturated heterocycles. The molecule has 0 aliphatic carbocycles. The van der Waals surface area contributed by atoms with Gasteiger partial charge in [-0.25, -0.2) is 4.39 Å². The number of hydrogen-bond acceptors (Lipinski definition) is 2. The van der Waals surface area contributed by atoms with Crippen molar-refractivity contribution in [2.24, 2.45) is 0 Å². The predicted octanol–water partition coefficient (Wildman–Crippen LogP) is 4.43. The molecule has 1 aromatic rings. The first-order chi connectivity index (χ1) is 12.1. The highest BCUT2D eigenvalue weighted by molar-refractivity contribution is 5.76. The van der Waals surface area contributed by atoms with E-state index in [1.54, 1.807) is 12.1 Å². The fraction of sp³-hybridized carbons (Fsp3) is 0.667. The Balaban J connectivity index is 1.75. The van der Waals surface area contributed by atoms with Crippen molar-refractivity contribution in [2.45, 2.75) is 58.3 Å². The number of halogens is 1. The number of nitrogens with zero attached hydrogens (tertiary/aromatic N) is 2. The zero-order chi connectivity index (χ0) is 18.1. The van der Waals surface area contributed by atoms with E-state index in [1.165, 1.54) is 6.07 Å². The van der Waals surface area contributed by atoms with Crippen molar-refractivity contribution in [1.82, 2.24) is 9.80 Å². The Morgan fingerprint density at radius 3 is 2.80 bits per heavy atom. The maximum atomic E-state index is 13.4. The van der Waals surface area contributed by atoms with Crippen LogP contribution in [-0.2, 0) is 4.79 Å². The molecule has 1 unspecified atom stereocenters. The second kappa shape index (κ2) is 10.5. The Hall–Kier alpha value is -1.42. The van der Waals surface area contributed by atoms with Gasteiger partial charge >= 0.3 is 0 Å². The maximum Gasteiger partial charge on any atom is 0.222 e. The second-order valence-corrected chi connectivity index (χ2v) is 7.30. The topological polar surface area (TPSA) is 23.6 Å². The lowest BCUT2D eigenvalue weighted by Crippen LogP contribution is -2.36. The van der Waals surface area contributed by atoms with E-state index in [-0.39, 0.29) is 5.82 Å². The van der Waals surface area contributed by atoms with Crippen molar-refractivity contribution >= 4 is 5.91 Å². The normalized spacial score (nSPS) is 16.5. The lowest BCUT2D eigenvalue weighted by Gasteiger charge is -2.28. The number of benzene rings is 1. The van der Waals surface area contributed by atoms with Gasteiger partial charge in [0.25, 0.3) is 0 Å². The Morgan fingerprint density at radius 2 is 2.08 bits per heavy atom. The van der Waals surface area contributed by atoms with E-state index in [9.17, 15) is 9.18 Å². The first-order valence-corrected chi connectivity index (χ1v) is 9.85. The lowest BCUT2D eigenvalue weighted by molar-refractivity contribution is -0.133. The molecule has 2 rings (SSSR count). The van der Waals surface area contributed by atoms with Crippen LogP contribution >= 0.6 is 0 Å². The summed E-state index contributed by atoms with van der Waals surface area (Å²) in [6, 6.07) is 6.96. The van der Waals surface area contributed by atoms with E-state index >= 15 is 0 Å². The highest BCUT2D eigenvalue weighted by Gasteiger charge is 2.17. The van der Waals surface area contributed by atoms with E-state index in [2.05, 4.69) is 18.7 Å². The van der Waals surface area contributed by atoms with Gasteiger partial charge in [0.15, 0.2) is 0 Å². The zero-order valence-corrected chi connectivity index (χ0v) is 15.8. The van der Waals surface area contributed by atoms with E-state index in [1.807, 2.05) is 11.0 Å². The smallest absolute Gasteiger partial charge is 0.222 e.